The average Bonchev–Trinajstić information content (AvgIpc) is 3.63. The second-order valence-corrected chi connectivity index (χ2v) is 8.92. The Morgan fingerprint density at radius 3 is 2.64 bits per heavy atom. The van der Waals surface area contributed by atoms with E-state index in [0.717, 1.165) is 30.6 Å². The zero-order valence-corrected chi connectivity index (χ0v) is 20.2. The van der Waals surface area contributed by atoms with E-state index in [4.69, 9.17) is 18.9 Å². The SMILES string of the molecule is COc1cc(/C=C/C(=O)N2CC2)ccc1OCC(O)COc1cccc(CC2(C(=O)O)CCCO2)c1. The number of carboxylic acid groups (broad SMARTS) is 1. The van der Waals surface area contributed by atoms with Crippen LogP contribution in [0.5, 0.6) is 17.2 Å². The zero-order valence-electron chi connectivity index (χ0n) is 20.2. The topological polar surface area (TPSA) is 115 Å². The lowest BCUT2D eigenvalue weighted by atomic mass is 9.91. The molecule has 0 saturated carbocycles. The molecule has 9 heteroatoms. The third-order valence-corrected chi connectivity index (χ3v) is 6.12. The molecule has 192 valence electrons. The van der Waals surface area contributed by atoms with Crippen molar-refractivity contribution in [3.05, 3.63) is 59.7 Å². The predicted octanol–water partition coefficient (Wildman–Crippen LogP) is 2.55. The number of aliphatic hydroxyl groups is 1. The predicted molar refractivity (Wildman–Crippen MR) is 131 cm³/mol. The van der Waals surface area contributed by atoms with E-state index >= 15 is 0 Å². The van der Waals surface area contributed by atoms with Gasteiger partial charge in [-0.25, -0.2) is 4.79 Å². The van der Waals surface area contributed by atoms with E-state index in [9.17, 15) is 19.8 Å². The molecule has 36 heavy (non-hydrogen) atoms. The van der Waals surface area contributed by atoms with Gasteiger partial charge in [0.2, 0.25) is 5.91 Å². The summed E-state index contributed by atoms with van der Waals surface area (Å²) in [7, 11) is 1.52. The number of carbonyl (C=O) groups is 2. The average molecular weight is 498 g/mol. The molecule has 2 aromatic carbocycles. The monoisotopic (exact) mass is 497 g/mol. The molecule has 4 rings (SSSR count). The van der Waals surface area contributed by atoms with Crippen molar-refractivity contribution in [2.24, 2.45) is 0 Å². The Hall–Kier alpha value is -3.56. The van der Waals surface area contributed by atoms with Crippen LogP contribution in [0.1, 0.15) is 24.0 Å². The highest BCUT2D eigenvalue weighted by molar-refractivity contribution is 5.93. The van der Waals surface area contributed by atoms with Crippen molar-refractivity contribution in [1.29, 1.82) is 0 Å². The summed E-state index contributed by atoms with van der Waals surface area (Å²) in [6.45, 7) is 2.02. The minimum absolute atomic E-state index is 0.00816. The second kappa shape index (κ2) is 11.5. The molecule has 1 amide bonds. The largest absolute Gasteiger partial charge is 0.493 e. The molecule has 0 aromatic heterocycles. The van der Waals surface area contributed by atoms with Crippen LogP contribution in [0, 0.1) is 0 Å². The van der Waals surface area contributed by atoms with Crippen LogP contribution in [0.3, 0.4) is 0 Å². The van der Waals surface area contributed by atoms with Gasteiger partial charge < -0.3 is 34.1 Å². The third-order valence-electron chi connectivity index (χ3n) is 6.12. The Bertz CT molecular complexity index is 1100. The van der Waals surface area contributed by atoms with Crippen molar-refractivity contribution in [2.75, 3.05) is 40.0 Å². The van der Waals surface area contributed by atoms with E-state index in [2.05, 4.69) is 0 Å². The Labute approximate surface area is 209 Å². The van der Waals surface area contributed by atoms with Crippen LogP contribution < -0.4 is 14.2 Å². The number of aliphatic carboxylic acids is 1. The molecule has 0 radical (unpaired) electrons. The van der Waals surface area contributed by atoms with Gasteiger partial charge in [-0.1, -0.05) is 18.2 Å². The highest BCUT2D eigenvalue weighted by Gasteiger charge is 2.42. The van der Waals surface area contributed by atoms with Crippen molar-refractivity contribution in [1.82, 2.24) is 4.90 Å². The summed E-state index contributed by atoms with van der Waals surface area (Å²) in [5.74, 6) is 0.498. The fourth-order valence-corrected chi connectivity index (χ4v) is 4.03. The van der Waals surface area contributed by atoms with E-state index in [1.165, 1.54) is 13.2 Å². The number of aliphatic hydroxyl groups excluding tert-OH is 1. The van der Waals surface area contributed by atoms with Gasteiger partial charge in [0.1, 0.15) is 25.1 Å². The Kier molecular flexibility index (Phi) is 8.12. The third kappa shape index (κ3) is 6.56. The molecule has 9 nitrogen and oxygen atoms in total. The Morgan fingerprint density at radius 2 is 1.94 bits per heavy atom. The van der Waals surface area contributed by atoms with E-state index in [0.29, 0.717) is 30.3 Å². The van der Waals surface area contributed by atoms with Gasteiger partial charge in [-0.3, -0.25) is 4.79 Å². The summed E-state index contributed by atoms with van der Waals surface area (Å²) < 4.78 is 22.4. The maximum absolute atomic E-state index is 11.8. The number of rotatable bonds is 12. The molecule has 0 spiro atoms. The van der Waals surface area contributed by atoms with Gasteiger partial charge >= 0.3 is 5.97 Å². The van der Waals surface area contributed by atoms with Gasteiger partial charge in [0.15, 0.2) is 17.1 Å². The summed E-state index contributed by atoms with van der Waals surface area (Å²) >= 11 is 0. The number of ether oxygens (including phenoxy) is 4. The molecule has 2 aromatic rings. The minimum atomic E-state index is -1.19. The van der Waals surface area contributed by atoms with E-state index in [1.54, 1.807) is 47.4 Å². The summed E-state index contributed by atoms with van der Waals surface area (Å²) in [5, 5.41) is 20.0. The molecule has 2 saturated heterocycles. The van der Waals surface area contributed by atoms with E-state index in [1.807, 2.05) is 6.07 Å². The first kappa shape index (κ1) is 25.5. The normalized spacial score (nSPS) is 19.8. The number of amides is 1. The molecular weight excluding hydrogens is 466 g/mol. The van der Waals surface area contributed by atoms with Crippen LogP contribution in [0.15, 0.2) is 48.5 Å². The molecule has 2 fully saturated rings. The van der Waals surface area contributed by atoms with Gasteiger partial charge in [0, 0.05) is 32.2 Å². The van der Waals surface area contributed by atoms with Crippen molar-refractivity contribution in [3.63, 3.8) is 0 Å². The minimum Gasteiger partial charge on any atom is -0.493 e. The van der Waals surface area contributed by atoms with Gasteiger partial charge in [-0.05, 0) is 54.3 Å². The highest BCUT2D eigenvalue weighted by atomic mass is 16.5. The van der Waals surface area contributed by atoms with Crippen LogP contribution >= 0.6 is 0 Å². The van der Waals surface area contributed by atoms with Gasteiger partial charge in [0.05, 0.1) is 7.11 Å². The molecule has 2 aliphatic rings. The summed E-state index contributed by atoms with van der Waals surface area (Å²) in [6, 6.07) is 12.4. The molecule has 2 atom stereocenters. The summed E-state index contributed by atoms with van der Waals surface area (Å²) in [6.07, 6.45) is 3.79. The van der Waals surface area contributed by atoms with Crippen molar-refractivity contribution in [2.45, 2.75) is 31.0 Å². The van der Waals surface area contributed by atoms with Crippen molar-refractivity contribution in [3.8, 4) is 17.2 Å². The number of hydrogen-bond donors (Lipinski definition) is 2. The first-order valence-corrected chi connectivity index (χ1v) is 11.9. The molecule has 2 heterocycles. The number of hydrogen-bond acceptors (Lipinski definition) is 7. The quantitative estimate of drug-likeness (QED) is 0.340. The van der Waals surface area contributed by atoms with Crippen molar-refractivity contribution < 1.29 is 38.7 Å². The number of carboxylic acids is 1. The van der Waals surface area contributed by atoms with Gasteiger partial charge in [-0.15, -0.1) is 0 Å². The van der Waals surface area contributed by atoms with Gasteiger partial charge in [0.25, 0.3) is 0 Å². The number of carbonyl (C=O) groups excluding carboxylic acids is 1. The molecule has 0 aliphatic carbocycles. The smallest absolute Gasteiger partial charge is 0.336 e. The fraction of sp³-hybridized carbons (Fsp3) is 0.407. The summed E-state index contributed by atoms with van der Waals surface area (Å²) in [4.78, 5) is 25.3. The molecule has 2 unspecified atom stereocenters. The van der Waals surface area contributed by atoms with Crippen LogP contribution in [0.4, 0.5) is 0 Å². The zero-order chi connectivity index (χ0) is 25.5. The molecule has 2 aliphatic heterocycles. The standard InChI is InChI=1S/C27H31NO8/c1-33-24-15-19(7-9-25(30)28-11-12-28)6-8-23(24)35-18-21(29)17-34-22-5-2-4-20(14-22)16-27(26(31)32)10-3-13-36-27/h2,4-9,14-15,21,29H,3,10-13,16-18H2,1H3,(H,31,32)/b9-7+. The second-order valence-electron chi connectivity index (χ2n) is 8.92. The lowest BCUT2D eigenvalue weighted by Gasteiger charge is -2.23. The Balaban J connectivity index is 1.28. The van der Waals surface area contributed by atoms with E-state index < -0.39 is 17.7 Å². The number of nitrogens with zero attached hydrogens (tertiary/aromatic N) is 1. The number of benzene rings is 2. The molecule has 2 N–H and O–H groups in total. The molecular formula is C27H31NO8. The maximum Gasteiger partial charge on any atom is 0.336 e. The van der Waals surface area contributed by atoms with Crippen molar-refractivity contribution >= 4 is 18.0 Å². The van der Waals surface area contributed by atoms with Gasteiger partial charge in [-0.2, -0.15) is 0 Å². The fourth-order valence-electron chi connectivity index (χ4n) is 4.03. The lowest BCUT2D eigenvalue weighted by molar-refractivity contribution is -0.159. The first-order chi connectivity index (χ1) is 17.4. The van der Waals surface area contributed by atoms with Crippen LogP contribution in [0.2, 0.25) is 0 Å². The van der Waals surface area contributed by atoms with Crippen LogP contribution in [-0.4, -0.2) is 78.7 Å². The van der Waals surface area contributed by atoms with Crippen LogP contribution in [0.25, 0.3) is 6.08 Å². The maximum atomic E-state index is 11.8. The van der Waals surface area contributed by atoms with Crippen LogP contribution in [-0.2, 0) is 20.7 Å². The van der Waals surface area contributed by atoms with E-state index in [-0.39, 0.29) is 25.5 Å². The Morgan fingerprint density at radius 1 is 1.14 bits per heavy atom. The number of methoxy groups -OCH3 is 1. The highest BCUT2D eigenvalue weighted by Crippen LogP contribution is 2.31. The first-order valence-electron chi connectivity index (χ1n) is 11.9. The lowest BCUT2D eigenvalue weighted by Crippen LogP contribution is -2.40. The summed E-state index contributed by atoms with van der Waals surface area (Å²) in [5.41, 5.74) is 0.393. The molecule has 0 bridgehead atoms.